The van der Waals surface area contributed by atoms with Crippen LogP contribution in [-0.4, -0.2) is 44.0 Å². The Hall–Kier alpha value is -4.41. The predicted molar refractivity (Wildman–Crippen MR) is 95.0 cm³/mol. The van der Waals surface area contributed by atoms with Crippen LogP contribution >= 0.6 is 0 Å². The molecule has 0 spiro atoms. The van der Waals surface area contributed by atoms with Crippen molar-refractivity contribution in [2.45, 2.75) is 0 Å². The zero-order valence-electron chi connectivity index (χ0n) is 14.2. The zero-order chi connectivity index (χ0) is 20.2. The summed E-state index contributed by atoms with van der Waals surface area (Å²) in [5, 5.41) is 10.5. The van der Waals surface area contributed by atoms with Crippen molar-refractivity contribution in [3.8, 4) is 0 Å². The Bertz CT molecular complexity index is 891. The van der Waals surface area contributed by atoms with Crippen molar-refractivity contribution in [2.75, 3.05) is 0 Å². The van der Waals surface area contributed by atoms with Gasteiger partial charge in [-0.2, -0.15) is 0 Å². The third-order valence-corrected chi connectivity index (χ3v) is 2.88. The van der Waals surface area contributed by atoms with Gasteiger partial charge in [0.2, 0.25) is 0 Å². The van der Waals surface area contributed by atoms with E-state index in [0.717, 1.165) is 11.0 Å². The van der Waals surface area contributed by atoms with E-state index in [1.807, 2.05) is 34.9 Å². The minimum Gasteiger partial charge on any atom is -0.346 e. The summed E-state index contributed by atoms with van der Waals surface area (Å²) in [5.74, 6) is -1.31. The van der Waals surface area contributed by atoms with Gasteiger partial charge in [-0.05, 0) is 12.1 Å². The van der Waals surface area contributed by atoms with E-state index in [9.17, 15) is 19.2 Å². The maximum absolute atomic E-state index is 10.0. The van der Waals surface area contributed by atoms with Gasteiger partial charge in [-0.1, -0.05) is 12.1 Å². The summed E-state index contributed by atoms with van der Waals surface area (Å²) in [7, 11) is 0. The molecular weight excluding hydrogens is 368 g/mol. The van der Waals surface area contributed by atoms with Gasteiger partial charge in [0.15, 0.2) is 0 Å². The number of fused-ring (bicyclic) bond motifs is 1. The van der Waals surface area contributed by atoms with Gasteiger partial charge in [0.25, 0.3) is 23.6 Å². The molecule has 0 atom stereocenters. The topological polar surface area (TPSA) is 160 Å². The van der Waals surface area contributed by atoms with Crippen LogP contribution in [0.3, 0.4) is 0 Å². The molecule has 0 unspecified atom stereocenters. The van der Waals surface area contributed by atoms with Gasteiger partial charge in [0, 0.05) is 29.6 Å². The molecule has 2 aliphatic heterocycles. The fourth-order valence-electron chi connectivity index (χ4n) is 1.73. The van der Waals surface area contributed by atoms with Crippen LogP contribution in [0.5, 0.6) is 0 Å². The molecule has 4 heterocycles. The fourth-order valence-corrected chi connectivity index (χ4v) is 1.73. The van der Waals surface area contributed by atoms with Gasteiger partial charge in [0.05, 0.1) is 23.6 Å². The number of carbonyl (C=O) groups excluding carboxylic acids is 4. The maximum Gasteiger partial charge on any atom is 0.250 e. The first kappa shape index (κ1) is 19.9. The molecule has 11 nitrogen and oxygen atoms in total. The molecule has 1 aromatic carbocycles. The number of imidazole rings is 1. The van der Waals surface area contributed by atoms with E-state index in [2.05, 4.69) is 24.9 Å². The lowest BCUT2D eigenvalue weighted by molar-refractivity contribution is -0.125. The van der Waals surface area contributed by atoms with Gasteiger partial charge in [-0.15, -0.1) is 5.10 Å². The SMILES string of the molecule is O=C1C=CC(=O)N1.O=C1C=CC(=O)N1.c1ccc2[nH]cnc2c1.c1conn1. The monoisotopic (exact) mass is 382 g/mol. The molecule has 0 fully saturated rings. The Kier molecular flexibility index (Phi) is 7.50. The highest BCUT2D eigenvalue weighted by atomic mass is 16.5. The second-order valence-corrected chi connectivity index (χ2v) is 4.88. The van der Waals surface area contributed by atoms with Gasteiger partial charge in [-0.3, -0.25) is 29.8 Å². The fraction of sp³-hybridized carbons (Fsp3) is 0. The first-order chi connectivity index (χ1) is 13.5. The Morgan fingerprint density at radius 1 is 0.786 bits per heavy atom. The van der Waals surface area contributed by atoms with Gasteiger partial charge in [-0.25, -0.2) is 4.98 Å². The van der Waals surface area contributed by atoms with Crippen LogP contribution < -0.4 is 10.6 Å². The zero-order valence-corrected chi connectivity index (χ0v) is 14.2. The van der Waals surface area contributed by atoms with E-state index in [1.165, 1.54) is 36.8 Å². The number of carbonyl (C=O) groups is 4. The molecule has 0 saturated heterocycles. The van der Waals surface area contributed by atoms with E-state index in [-0.39, 0.29) is 23.6 Å². The summed E-state index contributed by atoms with van der Waals surface area (Å²) in [5.41, 5.74) is 2.12. The van der Waals surface area contributed by atoms with Crippen molar-refractivity contribution in [2.24, 2.45) is 0 Å². The van der Waals surface area contributed by atoms with Crippen molar-refractivity contribution in [1.82, 2.24) is 31.0 Å². The van der Waals surface area contributed by atoms with Crippen molar-refractivity contribution in [1.29, 1.82) is 0 Å². The number of aromatic nitrogens is 4. The molecule has 0 aliphatic carbocycles. The van der Waals surface area contributed by atoms with E-state index in [1.54, 1.807) is 6.33 Å². The molecule has 2 aromatic heterocycles. The number of imide groups is 2. The number of hydrogen-bond acceptors (Lipinski definition) is 8. The molecular formula is C17H14N6O5. The largest absolute Gasteiger partial charge is 0.346 e. The van der Waals surface area contributed by atoms with Crippen molar-refractivity contribution in [3.63, 3.8) is 0 Å². The molecule has 4 amide bonds. The van der Waals surface area contributed by atoms with Gasteiger partial charge >= 0.3 is 0 Å². The Morgan fingerprint density at radius 2 is 1.36 bits per heavy atom. The van der Waals surface area contributed by atoms with Crippen LogP contribution in [0.2, 0.25) is 0 Å². The van der Waals surface area contributed by atoms with Crippen LogP contribution in [0.1, 0.15) is 0 Å². The first-order valence-corrected chi connectivity index (χ1v) is 7.70. The predicted octanol–water partition coefficient (Wildman–Crippen LogP) is 0.0305. The molecule has 0 radical (unpaired) electrons. The number of aromatic amines is 1. The van der Waals surface area contributed by atoms with Crippen molar-refractivity contribution < 1.29 is 23.7 Å². The van der Waals surface area contributed by atoms with Crippen LogP contribution in [0.15, 0.2) is 71.9 Å². The summed E-state index contributed by atoms with van der Waals surface area (Å²) >= 11 is 0. The number of hydrogen-bond donors (Lipinski definition) is 3. The van der Waals surface area contributed by atoms with Crippen LogP contribution in [-0.2, 0) is 19.2 Å². The van der Waals surface area contributed by atoms with Gasteiger partial charge < -0.3 is 9.51 Å². The lowest BCUT2D eigenvalue weighted by Crippen LogP contribution is -2.19. The normalized spacial score (nSPS) is 13.6. The number of para-hydroxylation sites is 2. The summed E-state index contributed by atoms with van der Waals surface area (Å²) in [6, 6.07) is 7.94. The van der Waals surface area contributed by atoms with E-state index in [0.29, 0.717) is 0 Å². The van der Waals surface area contributed by atoms with Crippen LogP contribution in [0.4, 0.5) is 0 Å². The highest BCUT2D eigenvalue weighted by Crippen LogP contribution is 2.05. The Labute approximate surface area is 157 Å². The molecule has 3 aromatic rings. The number of rotatable bonds is 0. The minimum atomic E-state index is -0.329. The third-order valence-electron chi connectivity index (χ3n) is 2.88. The smallest absolute Gasteiger partial charge is 0.250 e. The third kappa shape index (κ3) is 7.23. The lowest BCUT2D eigenvalue weighted by atomic mass is 10.3. The summed E-state index contributed by atoms with van der Waals surface area (Å²) < 4.78 is 4.22. The lowest BCUT2D eigenvalue weighted by Gasteiger charge is -1.81. The number of H-pyrrole nitrogens is 1. The maximum atomic E-state index is 10.0. The molecule has 11 heteroatoms. The molecule has 28 heavy (non-hydrogen) atoms. The summed E-state index contributed by atoms with van der Waals surface area (Å²) in [6.45, 7) is 0. The summed E-state index contributed by atoms with van der Waals surface area (Å²) in [6.07, 6.45) is 9.36. The highest BCUT2D eigenvalue weighted by Gasteiger charge is 2.07. The first-order valence-electron chi connectivity index (χ1n) is 7.70. The Balaban J connectivity index is 0.000000136. The van der Waals surface area contributed by atoms with Crippen molar-refractivity contribution >= 4 is 34.7 Å². The average Bonchev–Trinajstić information content (AvgIpc) is 3.47. The molecule has 5 rings (SSSR count). The summed E-state index contributed by atoms with van der Waals surface area (Å²) in [4.78, 5) is 47.2. The standard InChI is InChI=1S/C7H6N2.2C4H3NO2.C2H2N2O/c1-2-4-7-6(3-1)8-5-9-7;2*6-3-1-2-4(7)5-3;1-2-5-4-3-1/h1-5H,(H,8,9);2*1-2H,(H,5,6,7);1-2H. The second kappa shape index (κ2) is 10.6. The number of amides is 4. The quantitative estimate of drug-likeness (QED) is 0.459. The number of nitrogens with one attached hydrogen (secondary N) is 3. The molecule has 0 bridgehead atoms. The number of benzene rings is 1. The van der Waals surface area contributed by atoms with Gasteiger partial charge in [0.1, 0.15) is 6.26 Å². The average molecular weight is 382 g/mol. The second-order valence-electron chi connectivity index (χ2n) is 4.88. The Morgan fingerprint density at radius 3 is 1.71 bits per heavy atom. The molecule has 2 aliphatic rings. The highest BCUT2D eigenvalue weighted by molar-refractivity contribution is 6.13. The van der Waals surface area contributed by atoms with Crippen LogP contribution in [0, 0.1) is 0 Å². The van der Waals surface area contributed by atoms with Crippen molar-refractivity contribution in [3.05, 3.63) is 67.4 Å². The molecule has 3 N–H and O–H groups in total. The van der Waals surface area contributed by atoms with E-state index >= 15 is 0 Å². The molecule has 142 valence electrons. The van der Waals surface area contributed by atoms with E-state index in [4.69, 9.17) is 0 Å². The van der Waals surface area contributed by atoms with Crippen LogP contribution in [0.25, 0.3) is 11.0 Å². The van der Waals surface area contributed by atoms with E-state index < -0.39 is 0 Å². The minimum absolute atomic E-state index is 0.329. The molecule has 0 saturated carbocycles. The number of nitrogens with zero attached hydrogens (tertiary/aromatic N) is 3.